The van der Waals surface area contributed by atoms with Gasteiger partial charge in [0, 0.05) is 12.4 Å². The summed E-state index contributed by atoms with van der Waals surface area (Å²) in [4.78, 5) is 7.88. The molecule has 3 N–H and O–H groups in total. The predicted octanol–water partition coefficient (Wildman–Crippen LogP) is 0.777. The van der Waals surface area contributed by atoms with Crippen LogP contribution >= 0.6 is 11.6 Å². The number of nitrogens with zero attached hydrogens (tertiary/aromatic N) is 3. The zero-order valence-corrected chi connectivity index (χ0v) is 8.92. The first-order chi connectivity index (χ1) is 7.72. The van der Waals surface area contributed by atoms with Crippen LogP contribution in [0.4, 0.5) is 0 Å². The Hall–Kier alpha value is -1.50. The van der Waals surface area contributed by atoms with Gasteiger partial charge >= 0.3 is 0 Å². The summed E-state index contributed by atoms with van der Waals surface area (Å²) in [7, 11) is 0. The molecule has 2 rings (SSSR count). The van der Waals surface area contributed by atoms with Crippen LogP contribution < -0.4 is 5.73 Å². The second kappa shape index (κ2) is 4.56. The molecule has 84 valence electrons. The van der Waals surface area contributed by atoms with E-state index >= 15 is 0 Å². The summed E-state index contributed by atoms with van der Waals surface area (Å²) < 4.78 is 4.99. The Kier molecular flexibility index (Phi) is 3.14. The Morgan fingerprint density at radius 2 is 2.38 bits per heavy atom. The van der Waals surface area contributed by atoms with Crippen LogP contribution in [0.2, 0.25) is 5.02 Å². The second-order valence-corrected chi connectivity index (χ2v) is 3.51. The predicted molar refractivity (Wildman–Crippen MR) is 56.6 cm³/mol. The molecule has 1 atom stereocenters. The van der Waals surface area contributed by atoms with E-state index < -0.39 is 6.04 Å². The minimum Gasteiger partial charge on any atom is -0.394 e. The van der Waals surface area contributed by atoms with E-state index in [4.69, 9.17) is 27.0 Å². The molecule has 0 aromatic carbocycles. The molecule has 1 unspecified atom stereocenters. The number of aliphatic hydroxyl groups is 1. The highest BCUT2D eigenvalue weighted by molar-refractivity contribution is 6.32. The number of halogens is 1. The van der Waals surface area contributed by atoms with E-state index in [9.17, 15) is 0 Å². The minimum atomic E-state index is -0.655. The summed E-state index contributed by atoms with van der Waals surface area (Å²) in [6.45, 7) is -0.247. The van der Waals surface area contributed by atoms with Gasteiger partial charge in [-0.05, 0) is 6.07 Å². The average molecular weight is 241 g/mol. The zero-order valence-electron chi connectivity index (χ0n) is 8.17. The molecule has 0 amide bonds. The molecule has 0 aliphatic heterocycles. The number of pyridine rings is 1. The number of aromatic nitrogens is 3. The van der Waals surface area contributed by atoms with Crippen LogP contribution in [-0.4, -0.2) is 26.8 Å². The molecule has 6 nitrogen and oxygen atoms in total. The number of rotatable bonds is 3. The smallest absolute Gasteiger partial charge is 0.259 e. The molecule has 0 aliphatic rings. The standard InChI is InChI=1S/C9H9ClN4O2/c10-6-3-12-2-1-5(6)9-13-8(14-16-9)7(11)4-15/h1-3,7,15H,4,11H2. The molecule has 0 saturated heterocycles. The van der Waals surface area contributed by atoms with Crippen molar-refractivity contribution in [2.24, 2.45) is 5.73 Å². The number of aliphatic hydroxyl groups excluding tert-OH is 1. The van der Waals surface area contributed by atoms with Crippen LogP contribution in [-0.2, 0) is 0 Å². The summed E-state index contributed by atoms with van der Waals surface area (Å²) in [5.41, 5.74) is 6.13. The van der Waals surface area contributed by atoms with Crippen molar-refractivity contribution in [3.05, 3.63) is 29.3 Å². The molecule has 0 fully saturated rings. The fourth-order valence-electron chi connectivity index (χ4n) is 1.13. The van der Waals surface area contributed by atoms with Crippen molar-refractivity contribution in [2.75, 3.05) is 6.61 Å². The lowest BCUT2D eigenvalue weighted by atomic mass is 10.2. The fourth-order valence-corrected chi connectivity index (χ4v) is 1.33. The first kappa shape index (κ1) is 11.0. The van der Waals surface area contributed by atoms with Gasteiger partial charge in [-0.2, -0.15) is 4.98 Å². The summed E-state index contributed by atoms with van der Waals surface area (Å²) in [5, 5.41) is 12.9. The summed E-state index contributed by atoms with van der Waals surface area (Å²) in [6, 6.07) is 1.00. The molecule has 2 heterocycles. The van der Waals surface area contributed by atoms with E-state index in [1.807, 2.05) is 0 Å². The number of hydrogen-bond acceptors (Lipinski definition) is 6. The third kappa shape index (κ3) is 2.04. The van der Waals surface area contributed by atoms with Gasteiger partial charge in [-0.15, -0.1) is 0 Å². The average Bonchev–Trinajstić information content (AvgIpc) is 2.78. The molecule has 16 heavy (non-hydrogen) atoms. The Labute approximate surface area is 96.1 Å². The number of nitrogens with two attached hydrogens (primary N) is 1. The lowest BCUT2D eigenvalue weighted by Gasteiger charge is -1.99. The van der Waals surface area contributed by atoms with Crippen molar-refractivity contribution in [1.82, 2.24) is 15.1 Å². The van der Waals surface area contributed by atoms with E-state index in [1.54, 1.807) is 12.3 Å². The van der Waals surface area contributed by atoms with Gasteiger partial charge in [-0.1, -0.05) is 16.8 Å². The first-order valence-electron chi connectivity index (χ1n) is 4.52. The first-order valence-corrected chi connectivity index (χ1v) is 4.90. The molecular formula is C9H9ClN4O2. The maximum atomic E-state index is 8.84. The zero-order chi connectivity index (χ0) is 11.5. The summed E-state index contributed by atoms with van der Waals surface area (Å²) >= 11 is 5.91. The molecule has 7 heteroatoms. The second-order valence-electron chi connectivity index (χ2n) is 3.10. The molecule has 0 spiro atoms. The van der Waals surface area contributed by atoms with Crippen molar-refractivity contribution >= 4 is 11.6 Å². The highest BCUT2D eigenvalue weighted by Gasteiger charge is 2.15. The SMILES string of the molecule is NC(CO)c1noc(-c2ccncc2Cl)n1. The largest absolute Gasteiger partial charge is 0.394 e. The van der Waals surface area contributed by atoms with E-state index in [-0.39, 0.29) is 18.3 Å². The monoisotopic (exact) mass is 240 g/mol. The van der Waals surface area contributed by atoms with Crippen LogP contribution in [0.5, 0.6) is 0 Å². The maximum absolute atomic E-state index is 8.84. The van der Waals surface area contributed by atoms with Crippen molar-refractivity contribution in [3.8, 4) is 11.5 Å². The molecule has 0 radical (unpaired) electrons. The van der Waals surface area contributed by atoms with E-state index in [0.717, 1.165) is 0 Å². The summed E-state index contributed by atoms with van der Waals surface area (Å²) in [5.74, 6) is 0.497. The molecular weight excluding hydrogens is 232 g/mol. The van der Waals surface area contributed by atoms with Crippen LogP contribution in [0.1, 0.15) is 11.9 Å². The quantitative estimate of drug-likeness (QED) is 0.823. The van der Waals surface area contributed by atoms with Crippen LogP contribution in [0.25, 0.3) is 11.5 Å². The van der Waals surface area contributed by atoms with Gasteiger partial charge in [0.1, 0.15) is 0 Å². The van der Waals surface area contributed by atoms with Gasteiger partial charge in [0.15, 0.2) is 5.82 Å². The van der Waals surface area contributed by atoms with Gasteiger partial charge in [-0.25, -0.2) is 0 Å². The molecule has 0 bridgehead atoms. The fraction of sp³-hybridized carbons (Fsp3) is 0.222. The summed E-state index contributed by atoms with van der Waals surface area (Å²) in [6.07, 6.45) is 3.05. The van der Waals surface area contributed by atoms with Gasteiger partial charge in [0.25, 0.3) is 5.89 Å². The topological polar surface area (TPSA) is 98.1 Å². The third-order valence-corrected chi connectivity index (χ3v) is 2.27. The van der Waals surface area contributed by atoms with Gasteiger partial charge in [-0.3, -0.25) is 4.98 Å². The van der Waals surface area contributed by atoms with E-state index in [0.29, 0.717) is 10.6 Å². The molecule has 2 aromatic heterocycles. The molecule has 0 saturated carbocycles. The van der Waals surface area contributed by atoms with Crippen molar-refractivity contribution in [3.63, 3.8) is 0 Å². The van der Waals surface area contributed by atoms with E-state index in [1.165, 1.54) is 6.20 Å². The van der Waals surface area contributed by atoms with Gasteiger partial charge < -0.3 is 15.4 Å². The van der Waals surface area contributed by atoms with Gasteiger partial charge in [0.05, 0.1) is 23.2 Å². The Morgan fingerprint density at radius 3 is 3.06 bits per heavy atom. The van der Waals surface area contributed by atoms with Crippen molar-refractivity contribution in [2.45, 2.75) is 6.04 Å². The lowest BCUT2D eigenvalue weighted by molar-refractivity contribution is 0.260. The van der Waals surface area contributed by atoms with Crippen LogP contribution in [0.15, 0.2) is 23.0 Å². The van der Waals surface area contributed by atoms with E-state index in [2.05, 4.69) is 15.1 Å². The van der Waals surface area contributed by atoms with Crippen LogP contribution in [0.3, 0.4) is 0 Å². The number of hydrogen-bond donors (Lipinski definition) is 2. The lowest BCUT2D eigenvalue weighted by Crippen LogP contribution is -2.15. The van der Waals surface area contributed by atoms with Crippen LogP contribution in [0, 0.1) is 0 Å². The Morgan fingerprint density at radius 1 is 1.56 bits per heavy atom. The third-order valence-electron chi connectivity index (χ3n) is 1.97. The van der Waals surface area contributed by atoms with Gasteiger partial charge in [0.2, 0.25) is 0 Å². The Balaban J connectivity index is 2.35. The molecule has 0 aliphatic carbocycles. The maximum Gasteiger partial charge on any atom is 0.259 e. The van der Waals surface area contributed by atoms with Crippen molar-refractivity contribution in [1.29, 1.82) is 0 Å². The highest BCUT2D eigenvalue weighted by atomic mass is 35.5. The van der Waals surface area contributed by atoms with Crippen molar-refractivity contribution < 1.29 is 9.63 Å². The normalized spacial score (nSPS) is 12.7. The molecule has 2 aromatic rings. The minimum absolute atomic E-state index is 0.241. The Bertz CT molecular complexity index is 488. The highest BCUT2D eigenvalue weighted by Crippen LogP contribution is 2.25.